The van der Waals surface area contributed by atoms with Crippen molar-refractivity contribution in [1.29, 1.82) is 0 Å². The third kappa shape index (κ3) is 3.36. The summed E-state index contributed by atoms with van der Waals surface area (Å²) < 4.78 is 15.4. The molecule has 0 saturated carbocycles. The van der Waals surface area contributed by atoms with Gasteiger partial charge in [0.05, 0.1) is 5.39 Å². The van der Waals surface area contributed by atoms with E-state index in [0.717, 1.165) is 53.1 Å². The predicted octanol–water partition coefficient (Wildman–Crippen LogP) is 5.46. The topological polar surface area (TPSA) is 34.0 Å². The summed E-state index contributed by atoms with van der Waals surface area (Å²) in [5, 5.41) is 1.01. The molecule has 28 heavy (non-hydrogen) atoms. The first kappa shape index (κ1) is 18.2. The molecule has 0 N–H and O–H groups in total. The molecule has 0 unspecified atom stereocenters. The largest absolute Gasteiger partial charge is 0.359 e. The van der Waals surface area contributed by atoms with Gasteiger partial charge >= 0.3 is 0 Å². The molecule has 0 atom stereocenters. The van der Waals surface area contributed by atoms with Crippen LogP contribution in [0.1, 0.15) is 19.8 Å². The molecule has 142 valence electrons. The maximum absolute atomic E-state index is 13.4. The Labute approximate surface area is 164 Å². The van der Waals surface area contributed by atoms with Crippen LogP contribution in [0.25, 0.3) is 27.8 Å². The Morgan fingerprint density at radius 1 is 1.00 bits per heavy atom. The Balaban J connectivity index is 1.96. The number of hydrogen-bond donors (Lipinski definition) is 0. The lowest BCUT2D eigenvalue weighted by Crippen LogP contribution is -2.20. The average Bonchev–Trinajstić information content (AvgIpc) is 3.13. The van der Waals surface area contributed by atoms with Crippen LogP contribution < -0.4 is 4.90 Å². The van der Waals surface area contributed by atoms with Crippen molar-refractivity contribution in [3.05, 3.63) is 72.9 Å². The van der Waals surface area contributed by atoms with E-state index in [1.165, 1.54) is 12.1 Å². The molecule has 4 aromatic rings. The maximum Gasteiger partial charge on any atom is 0.150 e. The SMILES string of the molecule is CCCCN(C)c1ncnc2c1c(-c1ccccc1)cn2-c1ccc(F)cc1. The second kappa shape index (κ2) is 7.80. The van der Waals surface area contributed by atoms with E-state index in [1.54, 1.807) is 18.5 Å². The molecule has 0 fully saturated rings. The van der Waals surface area contributed by atoms with Crippen LogP contribution in [0.5, 0.6) is 0 Å². The number of rotatable bonds is 6. The highest BCUT2D eigenvalue weighted by atomic mass is 19.1. The zero-order chi connectivity index (χ0) is 19.5. The Bertz CT molecular complexity index is 1070. The maximum atomic E-state index is 13.4. The monoisotopic (exact) mass is 374 g/mol. The van der Waals surface area contributed by atoms with Crippen molar-refractivity contribution in [2.24, 2.45) is 0 Å². The lowest BCUT2D eigenvalue weighted by Gasteiger charge is -2.19. The van der Waals surface area contributed by atoms with E-state index in [1.807, 2.05) is 22.8 Å². The standard InChI is InChI=1S/C23H23FN4/c1-3-4-14-27(2)22-21-20(17-8-6-5-7-9-17)15-28(23(21)26-16-25-22)19-12-10-18(24)11-13-19/h5-13,15-16H,3-4,14H2,1-2H3. The fourth-order valence-electron chi connectivity index (χ4n) is 3.47. The van der Waals surface area contributed by atoms with Gasteiger partial charge in [0.25, 0.3) is 0 Å². The highest BCUT2D eigenvalue weighted by Crippen LogP contribution is 2.36. The summed E-state index contributed by atoms with van der Waals surface area (Å²) in [4.78, 5) is 11.4. The fraction of sp³-hybridized carbons (Fsp3) is 0.217. The molecule has 0 saturated heterocycles. The molecular weight excluding hydrogens is 351 g/mol. The Hall–Kier alpha value is -3.21. The van der Waals surface area contributed by atoms with Crippen LogP contribution in [-0.2, 0) is 0 Å². The van der Waals surface area contributed by atoms with Gasteiger partial charge in [0.1, 0.15) is 18.0 Å². The zero-order valence-corrected chi connectivity index (χ0v) is 16.1. The smallest absolute Gasteiger partial charge is 0.150 e. The van der Waals surface area contributed by atoms with Crippen LogP contribution in [0, 0.1) is 5.82 Å². The van der Waals surface area contributed by atoms with Crippen LogP contribution in [0.4, 0.5) is 10.2 Å². The molecule has 0 aliphatic heterocycles. The van der Waals surface area contributed by atoms with E-state index in [-0.39, 0.29) is 5.82 Å². The van der Waals surface area contributed by atoms with Gasteiger partial charge in [0.2, 0.25) is 0 Å². The quantitative estimate of drug-likeness (QED) is 0.449. The first-order valence-electron chi connectivity index (χ1n) is 9.57. The van der Waals surface area contributed by atoms with Crippen molar-refractivity contribution >= 4 is 16.9 Å². The summed E-state index contributed by atoms with van der Waals surface area (Å²) in [6, 6.07) is 16.7. The van der Waals surface area contributed by atoms with Gasteiger partial charge < -0.3 is 9.47 Å². The molecule has 4 rings (SSSR count). The van der Waals surface area contributed by atoms with Crippen LogP contribution in [0.15, 0.2) is 67.1 Å². The highest BCUT2D eigenvalue weighted by Gasteiger charge is 2.19. The average molecular weight is 374 g/mol. The predicted molar refractivity (Wildman–Crippen MR) is 112 cm³/mol. The molecule has 0 bridgehead atoms. The lowest BCUT2D eigenvalue weighted by atomic mass is 10.1. The lowest BCUT2D eigenvalue weighted by molar-refractivity contribution is 0.627. The molecule has 2 aromatic carbocycles. The summed E-state index contributed by atoms with van der Waals surface area (Å²) in [5.74, 6) is 0.663. The molecule has 0 spiro atoms. The first-order valence-corrected chi connectivity index (χ1v) is 9.57. The molecule has 0 aliphatic carbocycles. The molecule has 2 aromatic heterocycles. The number of benzene rings is 2. The molecule has 2 heterocycles. The number of aromatic nitrogens is 3. The van der Waals surface area contributed by atoms with Gasteiger partial charge in [-0.25, -0.2) is 14.4 Å². The fourth-order valence-corrected chi connectivity index (χ4v) is 3.47. The van der Waals surface area contributed by atoms with Gasteiger partial charge in [-0.15, -0.1) is 0 Å². The van der Waals surface area contributed by atoms with Gasteiger partial charge in [-0.05, 0) is 36.2 Å². The highest BCUT2D eigenvalue weighted by molar-refractivity contribution is 6.02. The van der Waals surface area contributed by atoms with Gasteiger partial charge in [-0.3, -0.25) is 0 Å². The van der Waals surface area contributed by atoms with Crippen molar-refractivity contribution in [3.8, 4) is 16.8 Å². The number of halogens is 1. The number of nitrogens with zero attached hydrogens (tertiary/aromatic N) is 4. The minimum absolute atomic E-state index is 0.252. The van der Waals surface area contributed by atoms with Gasteiger partial charge in [-0.1, -0.05) is 43.7 Å². The van der Waals surface area contributed by atoms with Crippen LogP contribution in [0.2, 0.25) is 0 Å². The molecule has 4 nitrogen and oxygen atoms in total. The third-order valence-electron chi connectivity index (χ3n) is 4.96. The first-order chi connectivity index (χ1) is 13.7. The summed E-state index contributed by atoms with van der Waals surface area (Å²) in [6.07, 6.45) is 5.90. The van der Waals surface area contributed by atoms with E-state index >= 15 is 0 Å². The Morgan fingerprint density at radius 2 is 1.75 bits per heavy atom. The van der Waals surface area contributed by atoms with Crippen molar-refractivity contribution in [2.45, 2.75) is 19.8 Å². The summed E-state index contributed by atoms with van der Waals surface area (Å²) >= 11 is 0. The van der Waals surface area contributed by atoms with Gasteiger partial charge in [0.15, 0.2) is 5.65 Å². The summed E-state index contributed by atoms with van der Waals surface area (Å²) in [6.45, 7) is 3.11. The van der Waals surface area contributed by atoms with Crippen molar-refractivity contribution < 1.29 is 4.39 Å². The van der Waals surface area contributed by atoms with Crippen LogP contribution >= 0.6 is 0 Å². The van der Waals surface area contributed by atoms with E-state index in [4.69, 9.17) is 0 Å². The van der Waals surface area contributed by atoms with Gasteiger partial charge in [-0.2, -0.15) is 0 Å². The number of fused-ring (bicyclic) bond motifs is 1. The van der Waals surface area contributed by atoms with Crippen molar-refractivity contribution in [2.75, 3.05) is 18.5 Å². The minimum atomic E-state index is -0.252. The Morgan fingerprint density at radius 3 is 2.46 bits per heavy atom. The normalized spacial score (nSPS) is 11.1. The number of unbranched alkanes of at least 4 members (excludes halogenated alkanes) is 1. The van der Waals surface area contributed by atoms with E-state index < -0.39 is 0 Å². The van der Waals surface area contributed by atoms with Crippen molar-refractivity contribution in [1.82, 2.24) is 14.5 Å². The summed E-state index contributed by atoms with van der Waals surface area (Å²) in [5.41, 5.74) is 3.86. The zero-order valence-electron chi connectivity index (χ0n) is 16.1. The van der Waals surface area contributed by atoms with Crippen LogP contribution in [0.3, 0.4) is 0 Å². The summed E-state index contributed by atoms with van der Waals surface area (Å²) in [7, 11) is 2.07. The third-order valence-corrected chi connectivity index (χ3v) is 4.96. The second-order valence-corrected chi connectivity index (χ2v) is 6.93. The Kier molecular flexibility index (Phi) is 5.06. The molecular formula is C23H23FN4. The second-order valence-electron chi connectivity index (χ2n) is 6.93. The van der Waals surface area contributed by atoms with E-state index in [0.29, 0.717) is 0 Å². The number of hydrogen-bond acceptors (Lipinski definition) is 3. The molecule has 0 radical (unpaired) electrons. The van der Waals surface area contributed by atoms with E-state index in [2.05, 4.69) is 47.2 Å². The van der Waals surface area contributed by atoms with Crippen LogP contribution in [-0.4, -0.2) is 28.1 Å². The minimum Gasteiger partial charge on any atom is -0.359 e. The molecule has 0 aliphatic rings. The molecule has 0 amide bonds. The van der Waals surface area contributed by atoms with Gasteiger partial charge in [0, 0.05) is 31.0 Å². The number of anilines is 1. The van der Waals surface area contributed by atoms with E-state index in [9.17, 15) is 4.39 Å². The van der Waals surface area contributed by atoms with Crippen molar-refractivity contribution in [3.63, 3.8) is 0 Å². The molecule has 5 heteroatoms.